The molecule has 0 unspecified atom stereocenters. The Morgan fingerprint density at radius 2 is 1.72 bits per heavy atom. The average molecular weight is 397 g/mol. The van der Waals surface area contributed by atoms with E-state index in [2.05, 4.69) is 12.2 Å². The number of carbonyl (C=O) groups excluding carboxylic acids is 2. The molecule has 2 aromatic carbocycles. The minimum absolute atomic E-state index is 0.0252. The van der Waals surface area contributed by atoms with Crippen LogP contribution in [0.4, 0.5) is 0 Å². The number of methoxy groups -OCH3 is 1. The fraction of sp³-hybridized carbons (Fsp3) is 0.417. The van der Waals surface area contributed by atoms with Crippen LogP contribution in [0.25, 0.3) is 0 Å². The van der Waals surface area contributed by atoms with Crippen LogP contribution in [0.3, 0.4) is 0 Å². The maximum Gasteiger partial charge on any atom is 0.242 e. The highest BCUT2D eigenvalue weighted by molar-refractivity contribution is 5.87. The van der Waals surface area contributed by atoms with Crippen LogP contribution in [0.5, 0.6) is 5.75 Å². The van der Waals surface area contributed by atoms with Crippen LogP contribution in [-0.4, -0.2) is 36.4 Å². The summed E-state index contributed by atoms with van der Waals surface area (Å²) in [4.78, 5) is 27.3. The SMILES string of the molecule is CCCCNC(=O)[C@@H](C)N(Cc1ccc(OC)cc1)C(=O)CCc1ccccc1. The number of nitrogens with zero attached hydrogens (tertiary/aromatic N) is 1. The van der Waals surface area contributed by atoms with Crippen molar-refractivity contribution in [3.63, 3.8) is 0 Å². The van der Waals surface area contributed by atoms with Crippen molar-refractivity contribution in [2.75, 3.05) is 13.7 Å². The van der Waals surface area contributed by atoms with Crippen molar-refractivity contribution in [1.82, 2.24) is 10.2 Å². The maximum absolute atomic E-state index is 13.0. The van der Waals surface area contributed by atoms with Crippen LogP contribution in [0.2, 0.25) is 0 Å². The standard InChI is InChI=1S/C24H32N2O3/c1-4-5-17-25-24(28)19(2)26(18-21-11-14-22(29-3)15-12-21)23(27)16-13-20-9-7-6-8-10-20/h6-12,14-15,19H,4-5,13,16-18H2,1-3H3,(H,25,28)/t19-/m1/s1. The first-order chi connectivity index (χ1) is 14.0. The molecule has 156 valence electrons. The molecule has 1 atom stereocenters. The second kappa shape index (κ2) is 11.9. The van der Waals surface area contributed by atoms with E-state index in [1.807, 2.05) is 54.6 Å². The molecule has 0 saturated heterocycles. The summed E-state index contributed by atoms with van der Waals surface area (Å²) in [6.45, 7) is 4.90. The van der Waals surface area contributed by atoms with E-state index in [9.17, 15) is 9.59 Å². The van der Waals surface area contributed by atoms with Crippen molar-refractivity contribution < 1.29 is 14.3 Å². The molecule has 2 amide bonds. The number of hydrogen-bond donors (Lipinski definition) is 1. The molecular formula is C24H32N2O3. The Labute approximate surface area is 174 Å². The zero-order valence-corrected chi connectivity index (χ0v) is 17.7. The topological polar surface area (TPSA) is 58.6 Å². The van der Waals surface area contributed by atoms with Gasteiger partial charge in [-0.2, -0.15) is 0 Å². The third kappa shape index (κ3) is 7.26. The van der Waals surface area contributed by atoms with Crippen molar-refractivity contribution in [3.8, 4) is 5.75 Å². The lowest BCUT2D eigenvalue weighted by molar-refractivity contribution is -0.140. The predicted octanol–water partition coefficient (Wildman–Crippen LogP) is 3.96. The Balaban J connectivity index is 2.09. The van der Waals surface area contributed by atoms with Gasteiger partial charge in [0.1, 0.15) is 11.8 Å². The van der Waals surface area contributed by atoms with Crippen molar-refractivity contribution in [1.29, 1.82) is 0 Å². The first-order valence-electron chi connectivity index (χ1n) is 10.3. The summed E-state index contributed by atoms with van der Waals surface area (Å²) >= 11 is 0. The summed E-state index contributed by atoms with van der Waals surface area (Å²) in [6, 6.07) is 17.0. The van der Waals surface area contributed by atoms with E-state index in [-0.39, 0.29) is 11.8 Å². The van der Waals surface area contributed by atoms with Crippen molar-refractivity contribution in [2.45, 2.75) is 52.1 Å². The molecule has 2 aromatic rings. The van der Waals surface area contributed by atoms with Gasteiger partial charge in [-0.3, -0.25) is 9.59 Å². The number of amides is 2. The van der Waals surface area contributed by atoms with Gasteiger partial charge in [0.2, 0.25) is 11.8 Å². The fourth-order valence-corrected chi connectivity index (χ4v) is 3.09. The molecule has 0 aliphatic rings. The Hall–Kier alpha value is -2.82. The highest BCUT2D eigenvalue weighted by Gasteiger charge is 2.25. The third-order valence-corrected chi connectivity index (χ3v) is 4.98. The molecule has 0 saturated carbocycles. The molecule has 0 fully saturated rings. The lowest BCUT2D eigenvalue weighted by Crippen LogP contribution is -2.47. The number of hydrogen-bond acceptors (Lipinski definition) is 3. The highest BCUT2D eigenvalue weighted by atomic mass is 16.5. The normalized spacial score (nSPS) is 11.6. The summed E-state index contributed by atoms with van der Waals surface area (Å²) in [5.41, 5.74) is 2.08. The molecular weight excluding hydrogens is 364 g/mol. The van der Waals surface area contributed by atoms with E-state index in [0.29, 0.717) is 25.9 Å². The van der Waals surface area contributed by atoms with Gasteiger partial charge in [0.15, 0.2) is 0 Å². The fourth-order valence-electron chi connectivity index (χ4n) is 3.09. The Morgan fingerprint density at radius 1 is 1.03 bits per heavy atom. The van der Waals surface area contributed by atoms with Gasteiger partial charge in [0, 0.05) is 19.5 Å². The lowest BCUT2D eigenvalue weighted by Gasteiger charge is -2.29. The number of ether oxygens (including phenoxy) is 1. The smallest absolute Gasteiger partial charge is 0.242 e. The van der Waals surface area contributed by atoms with E-state index in [1.165, 1.54) is 0 Å². The van der Waals surface area contributed by atoms with Gasteiger partial charge in [-0.15, -0.1) is 0 Å². The molecule has 0 bridgehead atoms. The Kier molecular flexibility index (Phi) is 9.22. The zero-order valence-electron chi connectivity index (χ0n) is 17.7. The van der Waals surface area contributed by atoms with Crippen LogP contribution in [0, 0.1) is 0 Å². The summed E-state index contributed by atoms with van der Waals surface area (Å²) in [6.07, 6.45) is 2.97. The molecule has 29 heavy (non-hydrogen) atoms. The van der Waals surface area contributed by atoms with Gasteiger partial charge < -0.3 is 15.0 Å². The Morgan fingerprint density at radius 3 is 2.34 bits per heavy atom. The molecule has 5 nitrogen and oxygen atoms in total. The van der Waals surface area contributed by atoms with Crippen molar-refractivity contribution >= 4 is 11.8 Å². The van der Waals surface area contributed by atoms with Crippen LogP contribution in [0.15, 0.2) is 54.6 Å². The molecule has 2 rings (SSSR count). The maximum atomic E-state index is 13.0. The second-order valence-corrected chi connectivity index (χ2v) is 7.18. The minimum atomic E-state index is -0.530. The van der Waals surface area contributed by atoms with E-state index < -0.39 is 6.04 Å². The zero-order chi connectivity index (χ0) is 21.1. The van der Waals surface area contributed by atoms with E-state index in [1.54, 1.807) is 18.9 Å². The summed E-state index contributed by atoms with van der Waals surface area (Å²) in [7, 11) is 1.62. The monoisotopic (exact) mass is 396 g/mol. The quantitative estimate of drug-likeness (QED) is 0.585. The molecule has 0 spiro atoms. The second-order valence-electron chi connectivity index (χ2n) is 7.18. The molecule has 0 aliphatic carbocycles. The molecule has 1 N–H and O–H groups in total. The first-order valence-corrected chi connectivity index (χ1v) is 10.3. The average Bonchev–Trinajstić information content (AvgIpc) is 2.76. The van der Waals surface area contributed by atoms with E-state index in [4.69, 9.17) is 4.74 Å². The highest BCUT2D eigenvalue weighted by Crippen LogP contribution is 2.16. The van der Waals surface area contributed by atoms with Crippen molar-refractivity contribution in [2.24, 2.45) is 0 Å². The molecule has 5 heteroatoms. The Bertz CT molecular complexity index is 759. The van der Waals surface area contributed by atoms with Crippen molar-refractivity contribution in [3.05, 3.63) is 65.7 Å². The number of nitrogens with one attached hydrogen (secondary N) is 1. The number of carbonyl (C=O) groups is 2. The van der Waals surface area contributed by atoms with Crippen LogP contribution in [-0.2, 0) is 22.6 Å². The van der Waals surface area contributed by atoms with E-state index >= 15 is 0 Å². The first kappa shape index (κ1) is 22.5. The van der Waals surface area contributed by atoms with E-state index in [0.717, 1.165) is 29.7 Å². The van der Waals surface area contributed by atoms with Gasteiger partial charge in [0.05, 0.1) is 7.11 Å². The van der Waals surface area contributed by atoms with Gasteiger partial charge >= 0.3 is 0 Å². The molecule has 0 aromatic heterocycles. The van der Waals surface area contributed by atoms with Gasteiger partial charge in [-0.1, -0.05) is 55.8 Å². The largest absolute Gasteiger partial charge is 0.497 e. The van der Waals surface area contributed by atoms with Gasteiger partial charge in [0.25, 0.3) is 0 Å². The van der Waals surface area contributed by atoms with Crippen LogP contribution < -0.4 is 10.1 Å². The summed E-state index contributed by atoms with van der Waals surface area (Å²) in [5, 5.41) is 2.94. The van der Waals surface area contributed by atoms with Crippen LogP contribution in [0.1, 0.15) is 44.2 Å². The van der Waals surface area contributed by atoms with Crippen LogP contribution >= 0.6 is 0 Å². The predicted molar refractivity (Wildman–Crippen MR) is 116 cm³/mol. The summed E-state index contributed by atoms with van der Waals surface area (Å²) < 4.78 is 5.21. The number of benzene rings is 2. The lowest BCUT2D eigenvalue weighted by atomic mass is 10.1. The van der Waals surface area contributed by atoms with Gasteiger partial charge in [-0.05, 0) is 43.0 Å². The number of rotatable bonds is 11. The number of unbranched alkanes of at least 4 members (excludes halogenated alkanes) is 1. The molecule has 0 radical (unpaired) electrons. The van der Waals surface area contributed by atoms with Gasteiger partial charge in [-0.25, -0.2) is 0 Å². The summed E-state index contributed by atoms with van der Waals surface area (Å²) in [5.74, 6) is 0.629. The number of aryl methyl sites for hydroxylation is 1. The third-order valence-electron chi connectivity index (χ3n) is 4.98. The minimum Gasteiger partial charge on any atom is -0.497 e. The molecule has 0 heterocycles. The molecule has 0 aliphatic heterocycles.